The standard InChI is InChI=1S/C17H16ClFN2O3/c1-21(10-12-5-3-4-6-13(12)18)17(23)20-15-9-11(16(22)24-2)7-8-14(15)19/h3-9H,10H2,1-2H3,(H,20,23). The largest absolute Gasteiger partial charge is 0.465 e. The molecule has 2 rings (SSSR count). The van der Waals surface area contributed by atoms with E-state index < -0.39 is 17.8 Å². The average Bonchev–Trinajstić information content (AvgIpc) is 2.58. The Morgan fingerprint density at radius 3 is 2.62 bits per heavy atom. The van der Waals surface area contributed by atoms with E-state index in [-0.39, 0.29) is 17.8 Å². The molecule has 7 heteroatoms. The van der Waals surface area contributed by atoms with E-state index >= 15 is 0 Å². The van der Waals surface area contributed by atoms with Gasteiger partial charge in [-0.3, -0.25) is 0 Å². The van der Waals surface area contributed by atoms with Crippen molar-refractivity contribution < 1.29 is 18.7 Å². The summed E-state index contributed by atoms with van der Waals surface area (Å²) in [6.45, 7) is 0.254. The zero-order valence-electron chi connectivity index (χ0n) is 13.2. The normalized spacial score (nSPS) is 10.2. The van der Waals surface area contributed by atoms with Crippen molar-refractivity contribution in [3.8, 4) is 0 Å². The third kappa shape index (κ3) is 4.23. The Bertz CT molecular complexity index is 767. The fraction of sp³-hybridized carbons (Fsp3) is 0.176. The van der Waals surface area contributed by atoms with Crippen LogP contribution in [0.3, 0.4) is 0 Å². The minimum atomic E-state index is -0.651. The summed E-state index contributed by atoms with van der Waals surface area (Å²) in [5.74, 6) is -1.27. The summed E-state index contributed by atoms with van der Waals surface area (Å²) in [6.07, 6.45) is 0. The van der Waals surface area contributed by atoms with Crippen LogP contribution in [0.4, 0.5) is 14.9 Å². The Morgan fingerprint density at radius 2 is 1.96 bits per heavy atom. The van der Waals surface area contributed by atoms with Crippen molar-refractivity contribution in [1.82, 2.24) is 4.90 Å². The first-order valence-corrected chi connectivity index (χ1v) is 7.43. The number of esters is 1. The summed E-state index contributed by atoms with van der Waals surface area (Å²) >= 11 is 6.06. The molecule has 0 heterocycles. The first-order valence-electron chi connectivity index (χ1n) is 7.05. The molecule has 0 spiro atoms. The maximum atomic E-state index is 13.8. The number of hydrogen-bond acceptors (Lipinski definition) is 3. The Hall–Kier alpha value is -2.60. The van der Waals surface area contributed by atoms with Gasteiger partial charge < -0.3 is 15.0 Å². The third-order valence-corrected chi connectivity index (χ3v) is 3.71. The molecule has 1 N–H and O–H groups in total. The van der Waals surface area contributed by atoms with E-state index in [4.69, 9.17) is 11.6 Å². The molecular formula is C17H16ClFN2O3. The summed E-state index contributed by atoms with van der Waals surface area (Å²) < 4.78 is 18.4. The summed E-state index contributed by atoms with van der Waals surface area (Å²) in [5, 5.41) is 2.97. The summed E-state index contributed by atoms with van der Waals surface area (Å²) in [7, 11) is 2.78. The van der Waals surface area contributed by atoms with Crippen LogP contribution in [0.5, 0.6) is 0 Å². The number of nitrogens with one attached hydrogen (secondary N) is 1. The number of benzene rings is 2. The van der Waals surface area contributed by atoms with Crippen molar-refractivity contribution in [3.63, 3.8) is 0 Å². The van der Waals surface area contributed by atoms with Crippen LogP contribution in [0, 0.1) is 5.82 Å². The maximum absolute atomic E-state index is 13.8. The topological polar surface area (TPSA) is 58.6 Å². The number of carbonyl (C=O) groups excluding carboxylic acids is 2. The third-order valence-electron chi connectivity index (χ3n) is 3.34. The van der Waals surface area contributed by atoms with Gasteiger partial charge in [-0.25, -0.2) is 14.0 Å². The summed E-state index contributed by atoms with van der Waals surface area (Å²) in [5.41, 5.74) is 0.803. The Balaban J connectivity index is 2.11. The SMILES string of the molecule is COC(=O)c1ccc(F)c(NC(=O)N(C)Cc2ccccc2Cl)c1. The van der Waals surface area contributed by atoms with Crippen LogP contribution < -0.4 is 5.32 Å². The van der Waals surface area contributed by atoms with E-state index in [0.717, 1.165) is 11.6 Å². The van der Waals surface area contributed by atoms with Crippen LogP contribution in [-0.4, -0.2) is 31.1 Å². The predicted octanol–water partition coefficient (Wildman–Crippen LogP) is 3.93. The molecule has 24 heavy (non-hydrogen) atoms. The van der Waals surface area contributed by atoms with Gasteiger partial charge in [-0.1, -0.05) is 29.8 Å². The van der Waals surface area contributed by atoms with Crippen molar-refractivity contribution >= 4 is 29.3 Å². The number of nitrogens with zero attached hydrogens (tertiary/aromatic N) is 1. The molecule has 2 aromatic rings. The minimum absolute atomic E-state index is 0.103. The number of ether oxygens (including phenoxy) is 1. The van der Waals surface area contributed by atoms with Crippen LogP contribution >= 0.6 is 11.6 Å². The zero-order chi connectivity index (χ0) is 17.7. The number of halogens is 2. The molecule has 2 aromatic carbocycles. The second-order valence-corrected chi connectivity index (χ2v) is 5.47. The predicted molar refractivity (Wildman–Crippen MR) is 89.7 cm³/mol. The fourth-order valence-electron chi connectivity index (χ4n) is 2.03. The molecule has 5 nitrogen and oxygen atoms in total. The number of urea groups is 1. The van der Waals surface area contributed by atoms with Crippen molar-refractivity contribution in [3.05, 3.63) is 64.4 Å². The number of methoxy groups -OCH3 is 1. The van der Waals surface area contributed by atoms with E-state index in [0.29, 0.717) is 5.02 Å². The molecule has 0 radical (unpaired) electrons. The number of carbonyl (C=O) groups is 2. The van der Waals surface area contributed by atoms with E-state index in [9.17, 15) is 14.0 Å². The molecule has 0 aromatic heterocycles. The molecule has 0 aliphatic rings. The molecule has 0 bridgehead atoms. The van der Waals surface area contributed by atoms with E-state index in [1.54, 1.807) is 25.2 Å². The lowest BCUT2D eigenvalue weighted by atomic mass is 10.2. The van der Waals surface area contributed by atoms with Gasteiger partial charge in [0, 0.05) is 18.6 Å². The molecule has 0 aliphatic carbocycles. The molecule has 0 saturated carbocycles. The van der Waals surface area contributed by atoms with Crippen LogP contribution in [0.2, 0.25) is 5.02 Å². The molecule has 2 amide bonds. The molecule has 0 unspecified atom stereocenters. The van der Waals surface area contributed by atoms with E-state index in [1.165, 1.54) is 24.1 Å². The van der Waals surface area contributed by atoms with Crippen molar-refractivity contribution in [2.75, 3.05) is 19.5 Å². The number of amides is 2. The van der Waals surface area contributed by atoms with Gasteiger partial charge in [0.05, 0.1) is 18.4 Å². The second kappa shape index (κ2) is 7.79. The van der Waals surface area contributed by atoms with Gasteiger partial charge >= 0.3 is 12.0 Å². The van der Waals surface area contributed by atoms with Crippen molar-refractivity contribution in [2.45, 2.75) is 6.54 Å². The summed E-state index contributed by atoms with van der Waals surface area (Å²) in [4.78, 5) is 25.1. The van der Waals surface area contributed by atoms with E-state index in [1.807, 2.05) is 6.07 Å². The van der Waals surface area contributed by atoms with Gasteiger partial charge in [0.1, 0.15) is 5.82 Å². The first kappa shape index (κ1) is 17.7. The van der Waals surface area contributed by atoms with Gasteiger partial charge in [-0.15, -0.1) is 0 Å². The zero-order valence-corrected chi connectivity index (χ0v) is 13.9. The van der Waals surface area contributed by atoms with E-state index in [2.05, 4.69) is 10.1 Å². The molecule has 0 saturated heterocycles. The first-order chi connectivity index (χ1) is 11.4. The monoisotopic (exact) mass is 350 g/mol. The van der Waals surface area contributed by atoms with Gasteiger partial charge in [-0.05, 0) is 29.8 Å². The number of anilines is 1. The highest BCUT2D eigenvalue weighted by Crippen LogP contribution is 2.19. The Labute approximate surface area is 144 Å². The number of rotatable bonds is 4. The van der Waals surface area contributed by atoms with Crippen LogP contribution in [0.1, 0.15) is 15.9 Å². The Kier molecular flexibility index (Phi) is 5.76. The minimum Gasteiger partial charge on any atom is -0.465 e. The highest BCUT2D eigenvalue weighted by Gasteiger charge is 2.15. The van der Waals surface area contributed by atoms with Gasteiger partial charge in [0.2, 0.25) is 0 Å². The van der Waals surface area contributed by atoms with Gasteiger partial charge in [0.25, 0.3) is 0 Å². The number of hydrogen-bond donors (Lipinski definition) is 1. The molecule has 126 valence electrons. The maximum Gasteiger partial charge on any atom is 0.337 e. The molecule has 0 aliphatic heterocycles. The van der Waals surface area contributed by atoms with Crippen LogP contribution in [-0.2, 0) is 11.3 Å². The average molecular weight is 351 g/mol. The van der Waals surface area contributed by atoms with Gasteiger partial charge in [-0.2, -0.15) is 0 Å². The van der Waals surface area contributed by atoms with Crippen LogP contribution in [0.15, 0.2) is 42.5 Å². The van der Waals surface area contributed by atoms with Crippen molar-refractivity contribution in [1.29, 1.82) is 0 Å². The second-order valence-electron chi connectivity index (χ2n) is 5.06. The smallest absolute Gasteiger partial charge is 0.337 e. The van der Waals surface area contributed by atoms with Crippen LogP contribution in [0.25, 0.3) is 0 Å². The Morgan fingerprint density at radius 1 is 1.25 bits per heavy atom. The molecular weight excluding hydrogens is 335 g/mol. The lowest BCUT2D eigenvalue weighted by Gasteiger charge is -2.19. The van der Waals surface area contributed by atoms with Crippen molar-refractivity contribution in [2.24, 2.45) is 0 Å². The van der Waals surface area contributed by atoms with Gasteiger partial charge in [0.15, 0.2) is 0 Å². The lowest BCUT2D eigenvalue weighted by Crippen LogP contribution is -2.31. The quantitative estimate of drug-likeness (QED) is 0.850. The molecule has 0 fully saturated rings. The highest BCUT2D eigenvalue weighted by molar-refractivity contribution is 6.31. The molecule has 0 atom stereocenters. The highest BCUT2D eigenvalue weighted by atomic mass is 35.5. The summed E-state index contributed by atoms with van der Waals surface area (Å²) in [6, 6.07) is 10.2. The fourth-order valence-corrected chi connectivity index (χ4v) is 2.23. The lowest BCUT2D eigenvalue weighted by molar-refractivity contribution is 0.0600.